The summed E-state index contributed by atoms with van der Waals surface area (Å²) in [5.41, 5.74) is 3.69. The van der Waals surface area contributed by atoms with Crippen molar-refractivity contribution in [1.29, 1.82) is 0 Å². The molecule has 0 radical (unpaired) electrons. The molecule has 1 aliphatic heterocycles. The van der Waals surface area contributed by atoms with E-state index < -0.39 is 0 Å². The second-order valence-corrected chi connectivity index (χ2v) is 5.76. The zero-order valence-corrected chi connectivity index (χ0v) is 12.8. The number of aryl methyl sites for hydroxylation is 1. The van der Waals surface area contributed by atoms with Gasteiger partial charge < -0.3 is 10.2 Å². The van der Waals surface area contributed by atoms with E-state index in [1.54, 1.807) is 4.68 Å². The van der Waals surface area contributed by atoms with Crippen molar-refractivity contribution in [3.63, 3.8) is 0 Å². The average Bonchev–Trinajstić information content (AvgIpc) is 2.81. The Morgan fingerprint density at radius 2 is 2.19 bits per heavy atom. The topological polar surface area (TPSA) is 46.0 Å². The second kappa shape index (κ2) is 6.26. The van der Waals surface area contributed by atoms with Crippen LogP contribution < -0.4 is 10.2 Å². The third kappa shape index (κ3) is 3.24. The van der Waals surface area contributed by atoms with Crippen molar-refractivity contribution in [2.75, 3.05) is 11.4 Å². The lowest BCUT2D eigenvalue weighted by Gasteiger charge is -2.26. The summed E-state index contributed by atoms with van der Waals surface area (Å²) < 4.78 is 1.76. The molecule has 0 aliphatic carbocycles. The van der Waals surface area contributed by atoms with Gasteiger partial charge in [-0.2, -0.15) is 0 Å². The van der Waals surface area contributed by atoms with Gasteiger partial charge in [-0.15, -0.1) is 5.10 Å². The normalized spacial score (nSPS) is 18.4. The van der Waals surface area contributed by atoms with Crippen LogP contribution in [-0.2, 0) is 20.1 Å². The summed E-state index contributed by atoms with van der Waals surface area (Å²) in [6.07, 6.45) is 4.40. The summed E-state index contributed by atoms with van der Waals surface area (Å²) >= 11 is 0. The van der Waals surface area contributed by atoms with Gasteiger partial charge >= 0.3 is 0 Å². The molecule has 1 aliphatic rings. The number of nitrogens with one attached hydrogen (secondary N) is 1. The second-order valence-electron chi connectivity index (χ2n) is 5.76. The van der Waals surface area contributed by atoms with E-state index in [1.165, 1.54) is 24.1 Å². The highest BCUT2D eigenvalue weighted by molar-refractivity contribution is 5.54. The number of nitrogens with zero attached hydrogens (tertiary/aromatic N) is 4. The fourth-order valence-corrected chi connectivity index (χ4v) is 3.01. The number of benzene rings is 1. The largest absolute Gasteiger partial charge is 0.364 e. The van der Waals surface area contributed by atoms with E-state index in [1.807, 2.05) is 13.2 Å². The minimum atomic E-state index is 0.527. The van der Waals surface area contributed by atoms with Gasteiger partial charge in [-0.05, 0) is 18.1 Å². The Morgan fingerprint density at radius 1 is 1.33 bits per heavy atom. The molecule has 5 nitrogen and oxygen atoms in total. The van der Waals surface area contributed by atoms with Crippen molar-refractivity contribution in [2.45, 2.75) is 38.9 Å². The smallest absolute Gasteiger partial charge is 0.102 e. The Morgan fingerprint density at radius 3 is 2.95 bits per heavy atom. The zero-order valence-electron chi connectivity index (χ0n) is 12.8. The molecule has 3 rings (SSSR count). The molecule has 1 aromatic heterocycles. The number of hydrogen-bond acceptors (Lipinski definition) is 4. The van der Waals surface area contributed by atoms with Crippen molar-refractivity contribution < 1.29 is 0 Å². The number of fused-ring (bicyclic) bond motifs is 1. The first-order valence-electron chi connectivity index (χ1n) is 7.67. The molecule has 2 heterocycles. The first kappa shape index (κ1) is 14.1. The standard InChI is InChI=1S/C16H23N5/c1-3-6-14-11-21(12-15-10-20(2)19-18-15)16-8-5-4-7-13(16)9-17-14/h4-5,7-8,10,14,17H,3,6,9,11-12H2,1-2H3. The van der Waals surface area contributed by atoms with Crippen molar-refractivity contribution in [2.24, 2.45) is 7.05 Å². The van der Waals surface area contributed by atoms with E-state index >= 15 is 0 Å². The first-order valence-corrected chi connectivity index (χ1v) is 7.67. The van der Waals surface area contributed by atoms with E-state index in [0.717, 1.165) is 25.3 Å². The molecule has 1 aromatic carbocycles. The number of anilines is 1. The molecular formula is C16H23N5. The molecule has 5 heteroatoms. The third-order valence-electron chi connectivity index (χ3n) is 3.99. The summed E-state index contributed by atoms with van der Waals surface area (Å²) in [4.78, 5) is 2.43. The van der Waals surface area contributed by atoms with Gasteiger partial charge in [0.25, 0.3) is 0 Å². The van der Waals surface area contributed by atoms with Gasteiger partial charge in [0.2, 0.25) is 0 Å². The summed E-state index contributed by atoms with van der Waals surface area (Å²) in [7, 11) is 1.91. The van der Waals surface area contributed by atoms with Crippen molar-refractivity contribution in [3.05, 3.63) is 41.7 Å². The molecule has 0 amide bonds. The Labute approximate surface area is 126 Å². The lowest BCUT2D eigenvalue weighted by atomic mass is 10.1. The van der Waals surface area contributed by atoms with Gasteiger partial charge in [0.15, 0.2) is 0 Å². The number of aromatic nitrogens is 3. The maximum absolute atomic E-state index is 4.24. The van der Waals surface area contributed by atoms with Crippen LogP contribution in [0.2, 0.25) is 0 Å². The highest BCUT2D eigenvalue weighted by Gasteiger charge is 2.21. The molecule has 112 valence electrons. The van der Waals surface area contributed by atoms with Crippen LogP contribution in [0.3, 0.4) is 0 Å². The van der Waals surface area contributed by atoms with Crippen LogP contribution in [0, 0.1) is 0 Å². The van der Waals surface area contributed by atoms with Crippen molar-refractivity contribution in [3.8, 4) is 0 Å². The molecule has 1 unspecified atom stereocenters. The van der Waals surface area contributed by atoms with Crippen molar-refractivity contribution >= 4 is 5.69 Å². The number of rotatable bonds is 4. The van der Waals surface area contributed by atoms with Gasteiger partial charge in [0.05, 0.1) is 6.54 Å². The maximum Gasteiger partial charge on any atom is 0.102 e. The van der Waals surface area contributed by atoms with Crippen LogP contribution in [0.15, 0.2) is 30.5 Å². The van der Waals surface area contributed by atoms with Gasteiger partial charge in [-0.3, -0.25) is 4.68 Å². The van der Waals surface area contributed by atoms with Crippen LogP contribution in [0.4, 0.5) is 5.69 Å². The predicted molar refractivity (Wildman–Crippen MR) is 84.0 cm³/mol. The fourth-order valence-electron chi connectivity index (χ4n) is 3.01. The molecule has 2 aromatic rings. The third-order valence-corrected chi connectivity index (χ3v) is 3.99. The highest BCUT2D eigenvalue weighted by Crippen LogP contribution is 2.25. The average molecular weight is 285 g/mol. The summed E-state index contributed by atoms with van der Waals surface area (Å²) in [6.45, 7) is 5.01. The van der Waals surface area contributed by atoms with Gasteiger partial charge in [0, 0.05) is 38.1 Å². The molecule has 21 heavy (non-hydrogen) atoms. The minimum Gasteiger partial charge on any atom is -0.364 e. The quantitative estimate of drug-likeness (QED) is 0.934. The molecule has 1 N–H and O–H groups in total. The lowest BCUT2D eigenvalue weighted by molar-refractivity contribution is 0.479. The summed E-state index contributed by atoms with van der Waals surface area (Å²) in [5, 5.41) is 12.0. The van der Waals surface area contributed by atoms with E-state index in [2.05, 4.69) is 51.7 Å². The Kier molecular flexibility index (Phi) is 4.20. The predicted octanol–water partition coefficient (Wildman–Crippen LogP) is 2.09. The fraction of sp³-hybridized carbons (Fsp3) is 0.500. The molecule has 0 spiro atoms. The van der Waals surface area contributed by atoms with E-state index in [0.29, 0.717) is 6.04 Å². The first-order chi connectivity index (χ1) is 10.3. The Hall–Kier alpha value is -1.88. The molecule has 0 saturated carbocycles. The van der Waals surface area contributed by atoms with Crippen molar-refractivity contribution in [1.82, 2.24) is 20.3 Å². The van der Waals surface area contributed by atoms with Crippen LogP contribution >= 0.6 is 0 Å². The number of para-hydroxylation sites is 1. The van der Waals surface area contributed by atoms with Crippen LogP contribution in [-0.4, -0.2) is 27.6 Å². The van der Waals surface area contributed by atoms with Gasteiger partial charge in [-0.25, -0.2) is 0 Å². The summed E-state index contributed by atoms with van der Waals surface area (Å²) in [6, 6.07) is 9.17. The summed E-state index contributed by atoms with van der Waals surface area (Å²) in [5.74, 6) is 0. The lowest BCUT2D eigenvalue weighted by Crippen LogP contribution is -2.37. The number of hydrogen-bond donors (Lipinski definition) is 1. The molecule has 1 atom stereocenters. The SMILES string of the molecule is CCCC1CN(Cc2cn(C)nn2)c2ccccc2CN1. The van der Waals surface area contributed by atoms with Crippen LogP contribution in [0.1, 0.15) is 31.0 Å². The Bertz CT molecular complexity index is 592. The van der Waals surface area contributed by atoms with Gasteiger partial charge in [-0.1, -0.05) is 36.8 Å². The highest BCUT2D eigenvalue weighted by atomic mass is 15.4. The van der Waals surface area contributed by atoms with Gasteiger partial charge in [0.1, 0.15) is 5.69 Å². The monoisotopic (exact) mass is 285 g/mol. The maximum atomic E-state index is 4.24. The Balaban J connectivity index is 1.86. The molecule has 0 bridgehead atoms. The van der Waals surface area contributed by atoms with E-state index in [4.69, 9.17) is 0 Å². The molecular weight excluding hydrogens is 262 g/mol. The molecule has 0 fully saturated rings. The van der Waals surface area contributed by atoms with E-state index in [9.17, 15) is 0 Å². The van der Waals surface area contributed by atoms with E-state index in [-0.39, 0.29) is 0 Å². The minimum absolute atomic E-state index is 0.527. The molecule has 0 saturated heterocycles. The van der Waals surface area contributed by atoms with Crippen LogP contribution in [0.25, 0.3) is 0 Å². The zero-order chi connectivity index (χ0) is 14.7. The van der Waals surface area contributed by atoms with Crippen LogP contribution in [0.5, 0.6) is 0 Å².